The molecule has 4 aromatic rings. The quantitative estimate of drug-likeness (QED) is 0.339. The van der Waals surface area contributed by atoms with E-state index in [9.17, 15) is 9.18 Å². The van der Waals surface area contributed by atoms with E-state index in [0.29, 0.717) is 21.0 Å². The van der Waals surface area contributed by atoms with Crippen LogP contribution in [-0.2, 0) is 0 Å². The first-order valence-electron chi connectivity index (χ1n) is 8.58. The van der Waals surface area contributed by atoms with Crippen molar-refractivity contribution < 1.29 is 9.18 Å². The maximum absolute atomic E-state index is 13.0. The maximum Gasteiger partial charge on any atom is 0.229 e. The summed E-state index contributed by atoms with van der Waals surface area (Å²) < 4.78 is 15.5. The van der Waals surface area contributed by atoms with E-state index in [0.717, 1.165) is 17.1 Å². The smallest absolute Gasteiger partial charge is 0.229 e. The minimum Gasteiger partial charge on any atom is -0.330 e. The van der Waals surface area contributed by atoms with Gasteiger partial charge < -0.3 is 5.32 Å². The molecule has 0 saturated heterocycles. The molecule has 11 heteroatoms. The molecule has 0 saturated carbocycles. The van der Waals surface area contributed by atoms with Crippen molar-refractivity contribution in [3.05, 3.63) is 59.4 Å². The molecule has 29 heavy (non-hydrogen) atoms. The van der Waals surface area contributed by atoms with Crippen LogP contribution in [0.25, 0.3) is 5.95 Å². The van der Waals surface area contributed by atoms with E-state index in [1.165, 1.54) is 41.6 Å². The summed E-state index contributed by atoms with van der Waals surface area (Å²) in [5, 5.41) is 18.5. The lowest BCUT2D eigenvalue weighted by Crippen LogP contribution is -2.06. The monoisotopic (exact) mass is 429 g/mol. The van der Waals surface area contributed by atoms with Crippen molar-refractivity contribution in [2.75, 3.05) is 11.1 Å². The highest BCUT2D eigenvalue weighted by Gasteiger charge is 2.18. The first-order chi connectivity index (χ1) is 14.0. The Kier molecular flexibility index (Phi) is 5.41. The van der Waals surface area contributed by atoms with Crippen molar-refractivity contribution in [3.8, 4) is 5.95 Å². The largest absolute Gasteiger partial charge is 0.330 e. The van der Waals surface area contributed by atoms with Gasteiger partial charge in [0.2, 0.25) is 11.1 Å². The molecule has 0 fully saturated rings. The summed E-state index contributed by atoms with van der Waals surface area (Å²) in [4.78, 5) is 16.9. The Bertz CT molecular complexity index is 1140. The molecular weight excluding hydrogens is 413 g/mol. The van der Waals surface area contributed by atoms with E-state index in [2.05, 4.69) is 30.7 Å². The number of hydrogen-bond donors (Lipinski definition) is 2. The minimum absolute atomic E-state index is 0.00268. The topological polar surface area (TPSA) is 101 Å². The van der Waals surface area contributed by atoms with Crippen LogP contribution in [0.1, 0.15) is 21.7 Å². The number of Topliss-reactive ketones (excluding diaryl/α,β-unsaturated/α-hetero) is 1. The third-order valence-electron chi connectivity index (χ3n) is 4.17. The van der Waals surface area contributed by atoms with Crippen molar-refractivity contribution in [3.63, 3.8) is 0 Å². The lowest BCUT2D eigenvalue weighted by molar-refractivity contribution is 0.102. The second-order valence-electron chi connectivity index (χ2n) is 6.15. The molecule has 0 amide bonds. The van der Waals surface area contributed by atoms with Gasteiger partial charge >= 0.3 is 0 Å². The van der Waals surface area contributed by atoms with Gasteiger partial charge in [-0.1, -0.05) is 23.1 Å². The van der Waals surface area contributed by atoms with E-state index in [4.69, 9.17) is 0 Å². The summed E-state index contributed by atoms with van der Waals surface area (Å²) in [5.41, 5.74) is 3.06. The van der Waals surface area contributed by atoms with Crippen LogP contribution in [0.4, 0.5) is 15.2 Å². The number of anilines is 2. The van der Waals surface area contributed by atoms with Gasteiger partial charge in [-0.05, 0) is 44.2 Å². The van der Waals surface area contributed by atoms with Gasteiger partial charge in [0.1, 0.15) is 12.1 Å². The molecule has 3 heterocycles. The van der Waals surface area contributed by atoms with E-state index in [1.54, 1.807) is 12.1 Å². The molecule has 4 rings (SSSR count). The third kappa shape index (κ3) is 4.20. The number of halogens is 1. The number of aromatic amines is 1. The number of carbonyl (C=O) groups is 1. The average Bonchev–Trinajstić information content (AvgIpc) is 3.43. The number of thioether (sulfide) groups is 1. The van der Waals surface area contributed by atoms with Gasteiger partial charge in [-0.25, -0.2) is 9.49 Å². The van der Waals surface area contributed by atoms with Crippen LogP contribution in [0.15, 0.2) is 41.0 Å². The number of nitrogens with zero attached hydrogens (tertiary/aromatic N) is 5. The number of rotatable bonds is 7. The Hall–Kier alpha value is -3.05. The molecule has 0 unspecified atom stereocenters. The Balaban J connectivity index is 1.41. The number of aromatic nitrogens is 6. The molecule has 0 bridgehead atoms. The molecule has 148 valence electrons. The number of ketones is 1. The fraction of sp³-hybridized carbons (Fsp3) is 0.167. The number of carbonyl (C=O) groups excluding carboxylic acids is 1. The number of hydrogen-bond acceptors (Lipinski definition) is 8. The molecule has 3 aromatic heterocycles. The number of benzene rings is 1. The molecule has 0 aliphatic carbocycles. The summed E-state index contributed by atoms with van der Waals surface area (Å²) in [6, 6.07) is 7.83. The van der Waals surface area contributed by atoms with Gasteiger partial charge in [0.25, 0.3) is 0 Å². The standard InChI is InChI=1S/C18H16FN7OS2/c1-10-7-14(11(2)26(10)16-20-9-21-23-16)15(27)8-28-18-25-24-17(29-18)22-13-5-3-12(19)4-6-13/h3-7,9H,8H2,1-2H3,(H,22,24)(H,20,21,23). The third-order valence-corrected chi connectivity index (χ3v) is 6.15. The van der Waals surface area contributed by atoms with E-state index in [1.807, 2.05) is 24.5 Å². The molecular formula is C18H16FN7OS2. The molecule has 0 aliphatic heterocycles. The van der Waals surface area contributed by atoms with Crippen LogP contribution in [-0.4, -0.2) is 41.5 Å². The summed E-state index contributed by atoms with van der Waals surface area (Å²) in [5.74, 6) is 0.515. The zero-order chi connectivity index (χ0) is 20.4. The molecule has 0 radical (unpaired) electrons. The molecule has 1 aromatic carbocycles. The van der Waals surface area contributed by atoms with Gasteiger partial charge in [-0.3, -0.25) is 9.36 Å². The predicted octanol–water partition coefficient (Wildman–Crippen LogP) is 3.92. The number of nitrogens with one attached hydrogen (secondary N) is 2. The Morgan fingerprint density at radius 1 is 1.28 bits per heavy atom. The van der Waals surface area contributed by atoms with E-state index < -0.39 is 0 Å². The van der Waals surface area contributed by atoms with Crippen LogP contribution in [0.3, 0.4) is 0 Å². The Labute approximate surface area is 173 Å². The first-order valence-corrected chi connectivity index (χ1v) is 10.4. The van der Waals surface area contributed by atoms with Crippen molar-refractivity contribution in [1.29, 1.82) is 0 Å². The van der Waals surface area contributed by atoms with Gasteiger partial charge in [0.15, 0.2) is 10.1 Å². The van der Waals surface area contributed by atoms with Crippen LogP contribution in [0.2, 0.25) is 0 Å². The lowest BCUT2D eigenvalue weighted by atomic mass is 10.2. The average molecular weight is 430 g/mol. The molecule has 0 atom stereocenters. The fourth-order valence-electron chi connectivity index (χ4n) is 2.86. The minimum atomic E-state index is -0.301. The zero-order valence-corrected chi connectivity index (χ0v) is 17.1. The van der Waals surface area contributed by atoms with E-state index >= 15 is 0 Å². The van der Waals surface area contributed by atoms with Crippen molar-refractivity contribution in [1.82, 2.24) is 29.9 Å². The second-order valence-corrected chi connectivity index (χ2v) is 8.35. The Morgan fingerprint density at radius 3 is 2.79 bits per heavy atom. The SMILES string of the molecule is Cc1cc(C(=O)CSc2nnc(Nc3ccc(F)cc3)s2)c(C)n1-c1ncn[nH]1. The van der Waals surface area contributed by atoms with Gasteiger partial charge in [-0.2, -0.15) is 10.1 Å². The molecule has 0 spiro atoms. The predicted molar refractivity (Wildman–Crippen MR) is 110 cm³/mol. The lowest BCUT2D eigenvalue weighted by Gasteiger charge is -2.04. The van der Waals surface area contributed by atoms with Crippen LogP contribution < -0.4 is 5.32 Å². The number of aryl methyl sites for hydroxylation is 1. The van der Waals surface area contributed by atoms with Crippen LogP contribution in [0, 0.1) is 19.7 Å². The van der Waals surface area contributed by atoms with Gasteiger partial charge in [0, 0.05) is 22.6 Å². The highest BCUT2D eigenvalue weighted by molar-refractivity contribution is 8.01. The highest BCUT2D eigenvalue weighted by Crippen LogP contribution is 2.29. The van der Waals surface area contributed by atoms with Crippen LogP contribution >= 0.6 is 23.1 Å². The van der Waals surface area contributed by atoms with Crippen molar-refractivity contribution in [2.24, 2.45) is 0 Å². The summed E-state index contributed by atoms with van der Waals surface area (Å²) in [6.45, 7) is 3.79. The summed E-state index contributed by atoms with van der Waals surface area (Å²) in [6.07, 6.45) is 1.43. The highest BCUT2D eigenvalue weighted by atomic mass is 32.2. The zero-order valence-electron chi connectivity index (χ0n) is 15.5. The van der Waals surface area contributed by atoms with Crippen molar-refractivity contribution in [2.45, 2.75) is 18.2 Å². The second kappa shape index (κ2) is 8.13. The normalized spacial score (nSPS) is 11.0. The van der Waals surface area contributed by atoms with Crippen molar-refractivity contribution >= 4 is 39.7 Å². The van der Waals surface area contributed by atoms with E-state index in [-0.39, 0.29) is 17.4 Å². The summed E-state index contributed by atoms with van der Waals surface area (Å²) >= 11 is 2.66. The van der Waals surface area contributed by atoms with Crippen LogP contribution in [0.5, 0.6) is 0 Å². The Morgan fingerprint density at radius 2 is 2.07 bits per heavy atom. The molecule has 8 nitrogen and oxygen atoms in total. The molecule has 2 N–H and O–H groups in total. The van der Waals surface area contributed by atoms with Gasteiger partial charge in [-0.15, -0.1) is 10.2 Å². The maximum atomic E-state index is 13.0. The van der Waals surface area contributed by atoms with Gasteiger partial charge in [0.05, 0.1) is 5.75 Å². The summed E-state index contributed by atoms with van der Waals surface area (Å²) in [7, 11) is 0. The first kappa shape index (κ1) is 19.3. The molecule has 0 aliphatic rings. The number of H-pyrrole nitrogens is 1. The fourth-order valence-corrected chi connectivity index (χ4v) is 4.51.